The van der Waals surface area contributed by atoms with Crippen LogP contribution in [0.4, 0.5) is 0 Å². The molecular formula is C10H18N2O. The van der Waals surface area contributed by atoms with Crippen LogP contribution in [0, 0.1) is 5.92 Å². The van der Waals surface area contributed by atoms with Crippen LogP contribution in [0.2, 0.25) is 0 Å². The largest absolute Gasteiger partial charge is 0.369 e. The van der Waals surface area contributed by atoms with Crippen molar-refractivity contribution in [1.29, 1.82) is 0 Å². The van der Waals surface area contributed by atoms with Crippen LogP contribution in [0.1, 0.15) is 38.5 Å². The fourth-order valence-corrected chi connectivity index (χ4v) is 2.38. The van der Waals surface area contributed by atoms with E-state index >= 15 is 0 Å². The molecule has 0 aromatic carbocycles. The minimum Gasteiger partial charge on any atom is -0.369 e. The number of hydrogen-bond donors (Lipinski definition) is 2. The third kappa shape index (κ3) is 1.85. The second kappa shape index (κ2) is 3.66. The smallest absolute Gasteiger partial charge is 0.222 e. The quantitative estimate of drug-likeness (QED) is 0.677. The first kappa shape index (κ1) is 9.00. The molecule has 1 amide bonds. The monoisotopic (exact) mass is 182 g/mol. The van der Waals surface area contributed by atoms with Crippen molar-refractivity contribution in [1.82, 2.24) is 5.32 Å². The maximum Gasteiger partial charge on any atom is 0.222 e. The number of amides is 1. The molecule has 0 radical (unpaired) electrons. The second-order valence-corrected chi connectivity index (χ2v) is 4.34. The van der Waals surface area contributed by atoms with Gasteiger partial charge in [-0.1, -0.05) is 12.8 Å². The van der Waals surface area contributed by atoms with E-state index in [-0.39, 0.29) is 11.8 Å². The van der Waals surface area contributed by atoms with Gasteiger partial charge in [0.2, 0.25) is 5.91 Å². The Morgan fingerprint density at radius 2 is 1.85 bits per heavy atom. The van der Waals surface area contributed by atoms with Crippen LogP contribution in [0.15, 0.2) is 0 Å². The van der Waals surface area contributed by atoms with Gasteiger partial charge in [0.05, 0.1) is 5.92 Å². The molecule has 2 rings (SSSR count). The van der Waals surface area contributed by atoms with Crippen molar-refractivity contribution in [3.05, 3.63) is 0 Å². The number of primary amides is 1. The summed E-state index contributed by atoms with van der Waals surface area (Å²) in [7, 11) is 0. The molecule has 2 aliphatic carbocycles. The molecule has 0 aromatic heterocycles. The summed E-state index contributed by atoms with van der Waals surface area (Å²) in [4.78, 5) is 11.1. The van der Waals surface area contributed by atoms with Crippen LogP contribution < -0.4 is 11.1 Å². The first-order chi connectivity index (χ1) is 6.27. The lowest BCUT2D eigenvalue weighted by Crippen LogP contribution is -2.46. The fourth-order valence-electron chi connectivity index (χ4n) is 2.38. The third-order valence-corrected chi connectivity index (χ3v) is 3.44. The van der Waals surface area contributed by atoms with Crippen molar-refractivity contribution in [2.45, 2.75) is 50.6 Å². The molecule has 2 unspecified atom stereocenters. The van der Waals surface area contributed by atoms with Gasteiger partial charge in [-0.15, -0.1) is 0 Å². The van der Waals surface area contributed by atoms with Gasteiger partial charge in [0.25, 0.3) is 0 Å². The third-order valence-electron chi connectivity index (χ3n) is 3.44. The van der Waals surface area contributed by atoms with Gasteiger partial charge >= 0.3 is 0 Å². The summed E-state index contributed by atoms with van der Waals surface area (Å²) in [6.07, 6.45) is 7.16. The van der Waals surface area contributed by atoms with Crippen LogP contribution >= 0.6 is 0 Å². The molecule has 2 saturated carbocycles. The average molecular weight is 182 g/mol. The Kier molecular flexibility index (Phi) is 2.54. The Hall–Kier alpha value is -0.570. The number of hydrogen-bond acceptors (Lipinski definition) is 2. The summed E-state index contributed by atoms with van der Waals surface area (Å²) in [6, 6.07) is 1.05. The zero-order valence-corrected chi connectivity index (χ0v) is 7.96. The van der Waals surface area contributed by atoms with Crippen LogP contribution in [-0.2, 0) is 4.79 Å². The Morgan fingerprint density at radius 1 is 1.15 bits per heavy atom. The molecule has 0 saturated heterocycles. The highest BCUT2D eigenvalue weighted by molar-refractivity contribution is 5.77. The van der Waals surface area contributed by atoms with Gasteiger partial charge in [-0.05, 0) is 25.7 Å². The van der Waals surface area contributed by atoms with Crippen molar-refractivity contribution < 1.29 is 4.79 Å². The molecule has 2 fully saturated rings. The molecule has 3 heteroatoms. The van der Waals surface area contributed by atoms with Gasteiger partial charge in [0.1, 0.15) is 0 Å². The lowest BCUT2D eigenvalue weighted by molar-refractivity contribution is -0.122. The average Bonchev–Trinajstić information content (AvgIpc) is 2.44. The highest BCUT2D eigenvalue weighted by atomic mass is 16.1. The summed E-state index contributed by atoms with van der Waals surface area (Å²) in [5, 5.41) is 3.55. The van der Waals surface area contributed by atoms with E-state index in [1.165, 1.54) is 19.3 Å². The van der Waals surface area contributed by atoms with Crippen LogP contribution in [-0.4, -0.2) is 18.0 Å². The van der Waals surface area contributed by atoms with Crippen LogP contribution in [0.3, 0.4) is 0 Å². The Bertz CT molecular complexity index is 201. The predicted molar refractivity (Wildman–Crippen MR) is 51.1 cm³/mol. The van der Waals surface area contributed by atoms with Crippen LogP contribution in [0.25, 0.3) is 0 Å². The summed E-state index contributed by atoms with van der Waals surface area (Å²) < 4.78 is 0. The van der Waals surface area contributed by atoms with Crippen molar-refractivity contribution in [3.63, 3.8) is 0 Å². The number of carbonyl (C=O) groups is 1. The normalized spacial score (nSPS) is 34.5. The summed E-state index contributed by atoms with van der Waals surface area (Å²) in [5.74, 6) is -0.0186. The predicted octanol–water partition coefficient (Wildman–Crippen LogP) is 0.782. The highest BCUT2D eigenvalue weighted by Crippen LogP contribution is 2.28. The second-order valence-electron chi connectivity index (χ2n) is 4.34. The van der Waals surface area contributed by atoms with E-state index in [1.807, 2.05) is 0 Å². The topological polar surface area (TPSA) is 55.1 Å². The van der Waals surface area contributed by atoms with Crippen molar-refractivity contribution in [2.75, 3.05) is 0 Å². The minimum atomic E-state index is -0.116. The first-order valence-electron chi connectivity index (χ1n) is 5.33. The van der Waals surface area contributed by atoms with Gasteiger partial charge in [0, 0.05) is 12.1 Å². The van der Waals surface area contributed by atoms with Gasteiger partial charge in [-0.3, -0.25) is 4.79 Å². The molecule has 0 aliphatic heterocycles. The maximum atomic E-state index is 11.1. The molecule has 0 spiro atoms. The fraction of sp³-hybridized carbons (Fsp3) is 0.900. The lowest BCUT2D eigenvalue weighted by Gasteiger charge is -2.31. The minimum absolute atomic E-state index is 0.0978. The van der Waals surface area contributed by atoms with Crippen molar-refractivity contribution in [2.24, 2.45) is 11.7 Å². The van der Waals surface area contributed by atoms with Crippen LogP contribution in [0.5, 0.6) is 0 Å². The van der Waals surface area contributed by atoms with E-state index in [0.717, 1.165) is 19.3 Å². The first-order valence-corrected chi connectivity index (χ1v) is 5.33. The number of nitrogens with one attached hydrogen (secondary N) is 1. The van der Waals surface area contributed by atoms with Crippen molar-refractivity contribution in [3.8, 4) is 0 Å². The molecule has 2 aliphatic rings. The molecule has 0 heterocycles. The standard InChI is InChI=1S/C10H18N2O/c11-10(13)8-5-2-6-9(8)12-7-3-1-4-7/h7-9,12H,1-6H2,(H2,11,13). The highest BCUT2D eigenvalue weighted by Gasteiger charge is 2.33. The van der Waals surface area contributed by atoms with E-state index in [4.69, 9.17) is 5.73 Å². The lowest BCUT2D eigenvalue weighted by atomic mass is 9.91. The molecule has 13 heavy (non-hydrogen) atoms. The molecule has 3 N–H and O–H groups in total. The molecular weight excluding hydrogens is 164 g/mol. The molecule has 74 valence electrons. The van der Waals surface area contributed by atoms with E-state index in [2.05, 4.69) is 5.32 Å². The summed E-state index contributed by atoms with van der Waals surface area (Å²) in [6.45, 7) is 0. The van der Waals surface area contributed by atoms with E-state index in [9.17, 15) is 4.79 Å². The molecule has 0 aromatic rings. The molecule has 2 atom stereocenters. The SMILES string of the molecule is NC(=O)C1CCCC1NC1CCC1. The van der Waals surface area contributed by atoms with Gasteiger partial charge in [-0.2, -0.15) is 0 Å². The number of carbonyl (C=O) groups excluding carboxylic acids is 1. The van der Waals surface area contributed by atoms with E-state index in [1.54, 1.807) is 0 Å². The molecule has 3 nitrogen and oxygen atoms in total. The Balaban J connectivity index is 1.85. The van der Waals surface area contributed by atoms with Gasteiger partial charge < -0.3 is 11.1 Å². The zero-order chi connectivity index (χ0) is 9.26. The zero-order valence-electron chi connectivity index (χ0n) is 7.96. The van der Waals surface area contributed by atoms with Crippen molar-refractivity contribution >= 4 is 5.91 Å². The maximum absolute atomic E-state index is 11.1. The molecule has 0 bridgehead atoms. The number of nitrogens with two attached hydrogens (primary N) is 1. The van der Waals surface area contributed by atoms with E-state index in [0.29, 0.717) is 12.1 Å². The summed E-state index contributed by atoms with van der Waals surface area (Å²) >= 11 is 0. The van der Waals surface area contributed by atoms with Gasteiger partial charge in [0.15, 0.2) is 0 Å². The summed E-state index contributed by atoms with van der Waals surface area (Å²) in [5.41, 5.74) is 5.34. The van der Waals surface area contributed by atoms with Gasteiger partial charge in [-0.25, -0.2) is 0 Å². The number of rotatable bonds is 3. The van der Waals surface area contributed by atoms with E-state index < -0.39 is 0 Å². The Labute approximate surface area is 79.1 Å². The Morgan fingerprint density at radius 3 is 2.38 bits per heavy atom.